The lowest BCUT2D eigenvalue weighted by Crippen LogP contribution is -2.34. The highest BCUT2D eigenvalue weighted by atomic mass is 16.3. The van der Waals surface area contributed by atoms with Gasteiger partial charge >= 0.3 is 0 Å². The van der Waals surface area contributed by atoms with Crippen LogP contribution in [0.3, 0.4) is 0 Å². The Balaban J connectivity index is 0.000000858. The monoisotopic (exact) mass is 423 g/mol. The molecule has 8 nitrogen and oxygen atoms in total. The first-order valence-corrected chi connectivity index (χ1v) is 10.6. The quantitative estimate of drug-likeness (QED) is 0.520. The first kappa shape index (κ1) is 22.4. The summed E-state index contributed by atoms with van der Waals surface area (Å²) in [6, 6.07) is 11.9. The summed E-state index contributed by atoms with van der Waals surface area (Å²) in [4.78, 5) is 27.7. The van der Waals surface area contributed by atoms with E-state index < -0.39 is 0 Å². The van der Waals surface area contributed by atoms with Gasteiger partial charge < -0.3 is 15.3 Å². The van der Waals surface area contributed by atoms with Crippen molar-refractivity contribution in [2.24, 2.45) is 5.92 Å². The number of nitrogens with zero attached hydrogens (tertiary/aromatic N) is 3. The smallest absolute Gasteiger partial charge is 0.290 e. The molecule has 2 aromatic heterocycles. The minimum atomic E-state index is -0.250. The second kappa shape index (κ2) is 11.2. The molecule has 1 atom stereocenters. The van der Waals surface area contributed by atoms with Crippen LogP contribution in [0.1, 0.15) is 32.6 Å². The van der Waals surface area contributed by atoms with Gasteiger partial charge in [0.05, 0.1) is 11.2 Å². The maximum atomic E-state index is 12.4. The van der Waals surface area contributed by atoms with Gasteiger partial charge in [-0.15, -0.1) is 0 Å². The zero-order valence-corrected chi connectivity index (χ0v) is 17.8. The van der Waals surface area contributed by atoms with Crippen molar-refractivity contribution in [2.75, 3.05) is 25.0 Å². The molecule has 4 rings (SSSR count). The number of anilines is 1. The van der Waals surface area contributed by atoms with Gasteiger partial charge in [0.1, 0.15) is 0 Å². The van der Waals surface area contributed by atoms with Crippen LogP contribution in [0.2, 0.25) is 0 Å². The van der Waals surface area contributed by atoms with E-state index >= 15 is 0 Å². The van der Waals surface area contributed by atoms with Crippen LogP contribution in [0, 0.1) is 5.92 Å². The molecule has 1 aliphatic heterocycles. The fraction of sp³-hybridized carbons (Fsp3) is 0.391. The number of H-pyrrole nitrogens is 1. The fourth-order valence-electron chi connectivity index (χ4n) is 3.91. The molecule has 1 fully saturated rings. The minimum Gasteiger partial charge on any atom is -0.483 e. The van der Waals surface area contributed by atoms with E-state index in [4.69, 9.17) is 9.90 Å². The van der Waals surface area contributed by atoms with Gasteiger partial charge in [-0.2, -0.15) is 5.10 Å². The highest BCUT2D eigenvalue weighted by molar-refractivity contribution is 5.90. The molecule has 1 aromatic carbocycles. The number of rotatable bonds is 6. The number of aromatic amines is 1. The van der Waals surface area contributed by atoms with Gasteiger partial charge in [-0.1, -0.05) is 31.5 Å². The predicted octanol–water partition coefficient (Wildman–Crippen LogP) is 3.78. The molecule has 8 heteroatoms. The SMILES string of the molecule is CC(CC(=O)Nc1cc(-c2cnc3ccccc3c2)[nH]n1)CN1CCCCC1.O=CO. The number of aromatic nitrogens is 3. The molecular weight excluding hydrogens is 394 g/mol. The van der Waals surface area contributed by atoms with Crippen molar-refractivity contribution >= 4 is 29.1 Å². The maximum absolute atomic E-state index is 12.4. The normalized spacial score (nSPS) is 15.0. The topological polar surface area (TPSA) is 111 Å². The standard InChI is InChI=1S/C22H27N5O.CH2O2/c1-16(15-27-9-5-2-6-10-27)11-22(28)24-21-13-20(25-26-21)18-12-17-7-3-4-8-19(17)23-14-18;2-1-3/h3-4,7-8,12-14,16H,2,5-6,9-11,15H2,1H3,(H2,24,25,26,28);1H,(H,2,3). The summed E-state index contributed by atoms with van der Waals surface area (Å²) < 4.78 is 0. The van der Waals surface area contributed by atoms with Crippen LogP contribution in [-0.4, -0.2) is 57.2 Å². The summed E-state index contributed by atoms with van der Waals surface area (Å²) in [6.07, 6.45) is 6.22. The molecule has 31 heavy (non-hydrogen) atoms. The Morgan fingerprint density at radius 3 is 2.77 bits per heavy atom. The average molecular weight is 424 g/mol. The van der Waals surface area contributed by atoms with E-state index in [9.17, 15) is 4.79 Å². The van der Waals surface area contributed by atoms with Crippen LogP contribution < -0.4 is 5.32 Å². The van der Waals surface area contributed by atoms with Crippen LogP contribution >= 0.6 is 0 Å². The number of fused-ring (bicyclic) bond motifs is 1. The fourth-order valence-corrected chi connectivity index (χ4v) is 3.91. The average Bonchev–Trinajstić information content (AvgIpc) is 3.23. The molecule has 0 saturated carbocycles. The Hall–Kier alpha value is -3.26. The first-order chi connectivity index (χ1) is 15.1. The number of hydrogen-bond donors (Lipinski definition) is 3. The predicted molar refractivity (Wildman–Crippen MR) is 121 cm³/mol. The third kappa shape index (κ3) is 6.62. The van der Waals surface area contributed by atoms with Crippen molar-refractivity contribution in [3.05, 3.63) is 42.6 Å². The highest BCUT2D eigenvalue weighted by Crippen LogP contribution is 2.23. The third-order valence-corrected chi connectivity index (χ3v) is 5.30. The van der Waals surface area contributed by atoms with E-state index in [0.717, 1.165) is 41.8 Å². The van der Waals surface area contributed by atoms with Gasteiger partial charge in [-0.3, -0.25) is 19.7 Å². The van der Waals surface area contributed by atoms with Crippen LogP contribution in [-0.2, 0) is 9.59 Å². The minimum absolute atomic E-state index is 0.0131. The van der Waals surface area contributed by atoms with E-state index in [2.05, 4.69) is 38.4 Å². The summed E-state index contributed by atoms with van der Waals surface area (Å²) in [5, 5.41) is 18.1. The molecule has 3 aromatic rings. The van der Waals surface area contributed by atoms with E-state index in [1.165, 1.54) is 19.3 Å². The Morgan fingerprint density at radius 2 is 2.00 bits per heavy atom. The zero-order valence-electron chi connectivity index (χ0n) is 17.8. The summed E-state index contributed by atoms with van der Waals surface area (Å²) in [5.41, 5.74) is 2.75. The first-order valence-electron chi connectivity index (χ1n) is 10.6. The molecule has 1 saturated heterocycles. The Kier molecular flexibility index (Phi) is 8.12. The van der Waals surface area contributed by atoms with Gasteiger partial charge in [0.25, 0.3) is 6.47 Å². The zero-order chi connectivity index (χ0) is 22.1. The summed E-state index contributed by atoms with van der Waals surface area (Å²) >= 11 is 0. The molecular formula is C23H29N5O3. The third-order valence-electron chi connectivity index (χ3n) is 5.30. The number of carbonyl (C=O) groups excluding carboxylic acids is 1. The second-order valence-corrected chi connectivity index (χ2v) is 7.91. The lowest BCUT2D eigenvalue weighted by Gasteiger charge is -2.28. The van der Waals surface area contributed by atoms with Gasteiger partial charge in [0, 0.05) is 36.2 Å². The van der Waals surface area contributed by atoms with Gasteiger partial charge in [-0.25, -0.2) is 0 Å². The van der Waals surface area contributed by atoms with E-state index in [1.54, 1.807) is 0 Å². The molecule has 0 radical (unpaired) electrons. The molecule has 164 valence electrons. The van der Waals surface area contributed by atoms with Gasteiger partial charge in [0.2, 0.25) is 5.91 Å². The number of carboxylic acid groups (broad SMARTS) is 1. The van der Waals surface area contributed by atoms with Crippen molar-refractivity contribution in [1.29, 1.82) is 0 Å². The number of piperidine rings is 1. The van der Waals surface area contributed by atoms with Crippen molar-refractivity contribution < 1.29 is 14.7 Å². The molecule has 1 amide bonds. The maximum Gasteiger partial charge on any atom is 0.290 e. The number of nitrogens with one attached hydrogen (secondary N) is 2. The summed E-state index contributed by atoms with van der Waals surface area (Å²) in [7, 11) is 0. The summed E-state index contributed by atoms with van der Waals surface area (Å²) in [5.74, 6) is 0.902. The van der Waals surface area contributed by atoms with Crippen LogP contribution in [0.5, 0.6) is 0 Å². The van der Waals surface area contributed by atoms with Crippen LogP contribution in [0.15, 0.2) is 42.6 Å². The summed E-state index contributed by atoms with van der Waals surface area (Å²) in [6.45, 7) is 5.20. The molecule has 3 N–H and O–H groups in total. The van der Waals surface area contributed by atoms with Crippen molar-refractivity contribution in [1.82, 2.24) is 20.1 Å². The second-order valence-electron chi connectivity index (χ2n) is 7.91. The number of hydrogen-bond acceptors (Lipinski definition) is 5. The molecule has 1 unspecified atom stereocenters. The van der Waals surface area contributed by atoms with Crippen molar-refractivity contribution in [3.63, 3.8) is 0 Å². The Morgan fingerprint density at radius 1 is 1.26 bits per heavy atom. The number of benzene rings is 1. The van der Waals surface area contributed by atoms with E-state index in [1.807, 2.05) is 36.5 Å². The number of amides is 1. The van der Waals surface area contributed by atoms with Crippen LogP contribution in [0.25, 0.3) is 22.2 Å². The molecule has 0 bridgehead atoms. The molecule has 3 heterocycles. The van der Waals surface area contributed by atoms with Gasteiger partial charge in [-0.05, 0) is 44.0 Å². The molecule has 0 aliphatic carbocycles. The number of likely N-dealkylation sites (tertiary alicyclic amines) is 1. The van der Waals surface area contributed by atoms with Crippen LogP contribution in [0.4, 0.5) is 5.82 Å². The molecule has 0 spiro atoms. The van der Waals surface area contributed by atoms with E-state index in [0.29, 0.717) is 18.2 Å². The highest BCUT2D eigenvalue weighted by Gasteiger charge is 2.16. The number of carbonyl (C=O) groups is 2. The number of pyridine rings is 1. The Labute approximate surface area is 181 Å². The van der Waals surface area contributed by atoms with Crippen molar-refractivity contribution in [3.8, 4) is 11.3 Å². The lowest BCUT2D eigenvalue weighted by atomic mass is 10.0. The largest absolute Gasteiger partial charge is 0.483 e. The Bertz CT molecular complexity index is 998. The molecule has 1 aliphatic rings. The number of para-hydroxylation sites is 1. The van der Waals surface area contributed by atoms with Gasteiger partial charge in [0.15, 0.2) is 5.82 Å². The lowest BCUT2D eigenvalue weighted by molar-refractivity contribution is -0.123. The van der Waals surface area contributed by atoms with Crippen molar-refractivity contribution in [2.45, 2.75) is 32.6 Å². The van der Waals surface area contributed by atoms with E-state index in [-0.39, 0.29) is 12.4 Å².